The van der Waals surface area contributed by atoms with E-state index in [1.165, 1.54) is 75.2 Å². The number of benzene rings is 2. The zero-order valence-corrected chi connectivity index (χ0v) is 26.7. The summed E-state index contributed by atoms with van der Waals surface area (Å²) in [4.78, 5) is 13.2. The molecule has 1 aliphatic carbocycles. The number of rotatable bonds is 12. The molecular formula is C36H53FN4O3. The molecule has 1 unspecified atom stereocenters. The van der Waals surface area contributed by atoms with Crippen LogP contribution in [0.5, 0.6) is 11.5 Å². The Morgan fingerprint density at radius 2 is 1.77 bits per heavy atom. The summed E-state index contributed by atoms with van der Waals surface area (Å²) in [5.41, 5.74) is 3.92. The Morgan fingerprint density at radius 1 is 1.00 bits per heavy atom. The van der Waals surface area contributed by atoms with E-state index >= 15 is 0 Å². The van der Waals surface area contributed by atoms with E-state index in [0.717, 1.165) is 69.7 Å². The quantitative estimate of drug-likeness (QED) is 0.204. The monoisotopic (exact) mass is 608 g/mol. The number of hydrogen-bond acceptors (Lipinski definition) is 6. The number of carbonyl (C=O) groups excluding carboxylic acids is 1. The van der Waals surface area contributed by atoms with Crippen molar-refractivity contribution >= 4 is 12.1 Å². The summed E-state index contributed by atoms with van der Waals surface area (Å²) < 4.78 is 26.8. The van der Waals surface area contributed by atoms with Gasteiger partial charge < -0.3 is 30.3 Å². The maximum atomic E-state index is 14.7. The lowest BCUT2D eigenvalue weighted by atomic mass is 9.73. The van der Waals surface area contributed by atoms with E-state index in [4.69, 9.17) is 9.47 Å². The Kier molecular flexibility index (Phi) is 12.2. The minimum absolute atomic E-state index is 0.141. The predicted molar refractivity (Wildman–Crippen MR) is 175 cm³/mol. The molecule has 0 aromatic heterocycles. The Hall–Kier alpha value is -2.84. The van der Waals surface area contributed by atoms with Crippen molar-refractivity contribution in [2.45, 2.75) is 89.1 Å². The molecule has 3 heterocycles. The number of methoxy groups -OCH3 is 1. The Balaban J connectivity index is 0.000000698. The van der Waals surface area contributed by atoms with E-state index in [1.807, 2.05) is 6.07 Å². The van der Waals surface area contributed by atoms with Crippen molar-refractivity contribution in [1.29, 1.82) is 0 Å². The zero-order chi connectivity index (χ0) is 30.6. The standard InChI is InChI=1S/C32H44FN3O3.C4H9N/c1-38-31-10-8-24(17-30(31)25-5-3-2-4-6-25)7-9-28(11-14-34-23-37)39-29-19-26(33)18-27(20-29)36-15-12-32(13-16-36)21-35-22-32;1-2-4-5-3-1/h8,10,17-20,23,25,28,35H,2-7,9,11-16,21-22H2,1H3,(H,34,37);5H,1-4H2. The van der Waals surface area contributed by atoms with Gasteiger partial charge in [-0.1, -0.05) is 31.4 Å². The summed E-state index contributed by atoms with van der Waals surface area (Å²) in [7, 11) is 1.75. The van der Waals surface area contributed by atoms with Gasteiger partial charge in [0.05, 0.1) is 7.11 Å². The van der Waals surface area contributed by atoms with Gasteiger partial charge >= 0.3 is 0 Å². The summed E-state index contributed by atoms with van der Waals surface area (Å²) in [6, 6.07) is 11.7. The number of hydrogen-bond donors (Lipinski definition) is 3. The van der Waals surface area contributed by atoms with Crippen molar-refractivity contribution in [1.82, 2.24) is 16.0 Å². The van der Waals surface area contributed by atoms with Crippen molar-refractivity contribution in [2.24, 2.45) is 5.41 Å². The molecule has 1 saturated carbocycles. The largest absolute Gasteiger partial charge is 0.496 e. The van der Waals surface area contributed by atoms with Crippen LogP contribution >= 0.6 is 0 Å². The number of anilines is 1. The molecule has 1 spiro atoms. The molecule has 1 atom stereocenters. The van der Waals surface area contributed by atoms with E-state index in [0.29, 0.717) is 30.0 Å². The number of halogens is 1. The molecule has 1 amide bonds. The Morgan fingerprint density at radius 3 is 2.41 bits per heavy atom. The molecule has 242 valence electrons. The van der Waals surface area contributed by atoms with E-state index in [-0.39, 0.29) is 11.9 Å². The predicted octanol–water partition coefficient (Wildman–Crippen LogP) is 5.96. The molecular weight excluding hydrogens is 555 g/mol. The van der Waals surface area contributed by atoms with Gasteiger partial charge in [0.2, 0.25) is 6.41 Å². The van der Waals surface area contributed by atoms with E-state index in [9.17, 15) is 9.18 Å². The SMILES string of the molecule is C1CCNC1.COc1ccc(CCC(CCNC=O)Oc2cc(F)cc(N3CCC4(CC3)CNC4)c2)cc1C1CCCCC1. The molecule has 3 saturated heterocycles. The molecule has 3 N–H and O–H groups in total. The minimum atomic E-state index is -0.273. The smallest absolute Gasteiger partial charge is 0.207 e. The van der Waals surface area contributed by atoms with E-state index in [2.05, 4.69) is 39.0 Å². The van der Waals surface area contributed by atoms with Crippen molar-refractivity contribution in [3.05, 3.63) is 53.3 Å². The molecule has 6 rings (SSSR count). The van der Waals surface area contributed by atoms with Crippen molar-refractivity contribution in [2.75, 3.05) is 57.8 Å². The van der Waals surface area contributed by atoms with Crippen molar-refractivity contribution in [3.63, 3.8) is 0 Å². The fourth-order valence-electron chi connectivity index (χ4n) is 7.25. The van der Waals surface area contributed by atoms with Crippen LogP contribution in [-0.2, 0) is 11.2 Å². The molecule has 7 nitrogen and oxygen atoms in total. The van der Waals surface area contributed by atoms with Gasteiger partial charge in [-0.25, -0.2) is 4.39 Å². The number of nitrogens with one attached hydrogen (secondary N) is 3. The van der Waals surface area contributed by atoms with Crippen LogP contribution in [0.15, 0.2) is 36.4 Å². The van der Waals surface area contributed by atoms with Gasteiger partial charge in [-0.15, -0.1) is 0 Å². The van der Waals surface area contributed by atoms with Gasteiger partial charge in [0, 0.05) is 57.0 Å². The lowest BCUT2D eigenvalue weighted by Gasteiger charge is -2.49. The lowest BCUT2D eigenvalue weighted by Crippen LogP contribution is -2.58. The molecule has 0 bridgehead atoms. The normalized spacial score (nSPS) is 20.3. The molecule has 2 aromatic carbocycles. The summed E-state index contributed by atoms with van der Waals surface area (Å²) in [6.07, 6.45) is 14.2. The fraction of sp³-hybridized carbons (Fsp3) is 0.639. The lowest BCUT2D eigenvalue weighted by molar-refractivity contribution is -0.109. The highest BCUT2D eigenvalue weighted by molar-refractivity contribution is 5.52. The summed E-state index contributed by atoms with van der Waals surface area (Å²) >= 11 is 0. The Bertz CT molecular complexity index is 1160. The van der Waals surface area contributed by atoms with Crippen LogP contribution in [0.4, 0.5) is 10.1 Å². The maximum absolute atomic E-state index is 14.7. The molecule has 0 radical (unpaired) electrons. The first-order valence-electron chi connectivity index (χ1n) is 17.0. The number of ether oxygens (including phenoxy) is 2. The van der Waals surface area contributed by atoms with Crippen LogP contribution in [-0.4, -0.2) is 65.4 Å². The van der Waals surface area contributed by atoms with Crippen LogP contribution in [0.25, 0.3) is 0 Å². The third-order valence-corrected chi connectivity index (χ3v) is 10.1. The molecule has 3 aliphatic heterocycles. The van der Waals surface area contributed by atoms with Gasteiger partial charge in [-0.3, -0.25) is 4.79 Å². The number of carbonyl (C=O) groups is 1. The van der Waals surface area contributed by atoms with Crippen LogP contribution in [0.2, 0.25) is 0 Å². The zero-order valence-electron chi connectivity index (χ0n) is 26.7. The minimum Gasteiger partial charge on any atom is -0.496 e. The second-order valence-electron chi connectivity index (χ2n) is 13.2. The number of aryl methyl sites for hydroxylation is 1. The molecule has 2 aromatic rings. The second-order valence-corrected chi connectivity index (χ2v) is 13.2. The summed E-state index contributed by atoms with van der Waals surface area (Å²) in [5, 5.41) is 9.39. The van der Waals surface area contributed by atoms with Crippen molar-refractivity contribution in [3.8, 4) is 11.5 Å². The first kappa shape index (κ1) is 32.6. The van der Waals surface area contributed by atoms with E-state index in [1.54, 1.807) is 13.2 Å². The number of piperidine rings is 1. The highest BCUT2D eigenvalue weighted by atomic mass is 19.1. The third-order valence-electron chi connectivity index (χ3n) is 10.1. The fourth-order valence-corrected chi connectivity index (χ4v) is 7.25. The molecule has 8 heteroatoms. The highest BCUT2D eigenvalue weighted by Gasteiger charge is 2.39. The van der Waals surface area contributed by atoms with Gasteiger partial charge in [0.15, 0.2) is 0 Å². The topological polar surface area (TPSA) is 74.9 Å². The van der Waals surface area contributed by atoms with Crippen LogP contribution in [0.1, 0.15) is 87.7 Å². The summed E-state index contributed by atoms with van der Waals surface area (Å²) in [5.74, 6) is 1.83. The summed E-state index contributed by atoms with van der Waals surface area (Å²) in [6.45, 7) is 7.11. The van der Waals surface area contributed by atoms with Crippen molar-refractivity contribution < 1.29 is 18.7 Å². The van der Waals surface area contributed by atoms with Crippen LogP contribution < -0.4 is 30.3 Å². The third kappa shape index (κ3) is 9.10. The average molecular weight is 609 g/mol. The first-order chi connectivity index (χ1) is 21.6. The van der Waals surface area contributed by atoms with Crippen LogP contribution in [0, 0.1) is 11.2 Å². The molecule has 4 aliphatic rings. The first-order valence-corrected chi connectivity index (χ1v) is 17.0. The van der Waals surface area contributed by atoms with E-state index < -0.39 is 0 Å². The Labute approximate surface area is 263 Å². The number of nitrogens with zero attached hydrogens (tertiary/aromatic N) is 1. The highest BCUT2D eigenvalue weighted by Crippen LogP contribution is 2.39. The van der Waals surface area contributed by atoms with Crippen LogP contribution in [0.3, 0.4) is 0 Å². The maximum Gasteiger partial charge on any atom is 0.207 e. The van der Waals surface area contributed by atoms with Gasteiger partial charge in [-0.05, 0) is 99.0 Å². The van der Waals surface area contributed by atoms with Gasteiger partial charge in [0.1, 0.15) is 23.4 Å². The second kappa shape index (κ2) is 16.5. The van der Waals surface area contributed by atoms with Gasteiger partial charge in [0.25, 0.3) is 0 Å². The average Bonchev–Trinajstić information content (AvgIpc) is 3.64. The molecule has 4 fully saturated rings. The van der Waals surface area contributed by atoms with Gasteiger partial charge in [-0.2, -0.15) is 0 Å². The number of amides is 1. The molecule has 44 heavy (non-hydrogen) atoms.